The van der Waals surface area contributed by atoms with E-state index in [4.69, 9.17) is 0 Å². The van der Waals surface area contributed by atoms with E-state index in [-0.39, 0.29) is 5.95 Å². The molecule has 6 nitrogen and oxygen atoms in total. The summed E-state index contributed by atoms with van der Waals surface area (Å²) in [5, 5.41) is 2.87. The average Bonchev–Trinajstić information content (AvgIpc) is 2.20. The van der Waals surface area contributed by atoms with Crippen LogP contribution in [-0.2, 0) is 0 Å². The number of hydrogen-bond acceptors (Lipinski definition) is 4. The van der Waals surface area contributed by atoms with E-state index in [1.54, 1.807) is 0 Å². The number of hydrogen-bond donors (Lipinski definition) is 3. The van der Waals surface area contributed by atoms with E-state index in [1.165, 1.54) is 0 Å². The lowest BCUT2D eigenvalue weighted by atomic mass is 10.2. The minimum absolute atomic E-state index is 0.128. The van der Waals surface area contributed by atoms with Gasteiger partial charge < -0.3 is 5.32 Å². The molecule has 82 valence electrons. The highest BCUT2D eigenvalue weighted by Gasteiger charge is 2.00. The van der Waals surface area contributed by atoms with E-state index >= 15 is 0 Å². The van der Waals surface area contributed by atoms with Crippen LogP contribution >= 0.6 is 0 Å². The van der Waals surface area contributed by atoms with E-state index in [1.807, 2.05) is 36.2 Å². The minimum Gasteiger partial charge on any atom is -0.325 e. The summed E-state index contributed by atoms with van der Waals surface area (Å²) in [5.74, 6) is 0.128. The van der Waals surface area contributed by atoms with Gasteiger partial charge in [-0.25, -0.2) is 9.59 Å². The number of aryl methyl sites for hydroxylation is 1. The Morgan fingerprint density at radius 2 is 1.94 bits per heavy atom. The lowest BCUT2D eigenvalue weighted by Crippen LogP contribution is -2.25. The molecule has 2 rings (SSSR count). The predicted octanol–water partition coefficient (Wildman–Crippen LogP) is 0.510. The molecular formula is C10H10N4O2. The Balaban J connectivity index is 2.38. The molecule has 0 saturated heterocycles. The van der Waals surface area contributed by atoms with Crippen LogP contribution in [0.5, 0.6) is 0 Å². The number of para-hydroxylation sites is 1. The molecule has 0 fully saturated rings. The summed E-state index contributed by atoms with van der Waals surface area (Å²) < 4.78 is 0. The van der Waals surface area contributed by atoms with Crippen LogP contribution in [0.4, 0.5) is 11.6 Å². The zero-order valence-electron chi connectivity index (χ0n) is 8.57. The largest absolute Gasteiger partial charge is 0.352 e. The van der Waals surface area contributed by atoms with Crippen molar-refractivity contribution in [2.75, 3.05) is 5.32 Å². The molecule has 0 unspecified atom stereocenters. The fraction of sp³-hybridized carbons (Fsp3) is 0.100. The monoisotopic (exact) mass is 218 g/mol. The summed E-state index contributed by atoms with van der Waals surface area (Å²) in [6.45, 7) is 1.91. The smallest absolute Gasteiger partial charge is 0.325 e. The summed E-state index contributed by atoms with van der Waals surface area (Å²) in [4.78, 5) is 29.9. The quantitative estimate of drug-likeness (QED) is 0.685. The zero-order chi connectivity index (χ0) is 11.5. The molecule has 0 saturated carbocycles. The third kappa shape index (κ3) is 2.17. The molecule has 1 aromatic heterocycles. The molecule has 6 heteroatoms. The Labute approximate surface area is 90.4 Å². The highest BCUT2D eigenvalue weighted by atomic mass is 16.2. The fourth-order valence-corrected chi connectivity index (χ4v) is 1.29. The number of aromatic amines is 2. The number of benzene rings is 1. The van der Waals surface area contributed by atoms with Crippen molar-refractivity contribution in [3.8, 4) is 0 Å². The third-order valence-corrected chi connectivity index (χ3v) is 2.06. The number of H-pyrrole nitrogens is 2. The van der Waals surface area contributed by atoms with Gasteiger partial charge in [0.2, 0.25) is 5.95 Å². The average molecular weight is 218 g/mol. The lowest BCUT2D eigenvalue weighted by molar-refractivity contribution is 0.942. The lowest BCUT2D eigenvalue weighted by Gasteiger charge is -2.06. The van der Waals surface area contributed by atoms with E-state index in [2.05, 4.69) is 15.3 Å². The minimum atomic E-state index is -0.681. The standard InChI is InChI=1S/C10H10N4O2/c1-6-4-2-3-5-7(6)11-8-12-9(15)14-10(16)13-8/h2-5H,1H3,(H3,11,12,13,14,15,16). The van der Waals surface area contributed by atoms with Gasteiger partial charge in [0.25, 0.3) is 0 Å². The van der Waals surface area contributed by atoms with Crippen LogP contribution in [-0.4, -0.2) is 15.0 Å². The van der Waals surface area contributed by atoms with Crippen molar-refractivity contribution >= 4 is 11.6 Å². The molecule has 0 atom stereocenters. The second-order valence-electron chi connectivity index (χ2n) is 3.28. The van der Waals surface area contributed by atoms with Gasteiger partial charge in [-0.2, -0.15) is 4.98 Å². The van der Waals surface area contributed by atoms with Crippen molar-refractivity contribution in [3.63, 3.8) is 0 Å². The first-order valence-electron chi connectivity index (χ1n) is 4.68. The second-order valence-corrected chi connectivity index (χ2v) is 3.28. The van der Waals surface area contributed by atoms with Crippen LogP contribution in [0, 0.1) is 6.92 Å². The zero-order valence-corrected chi connectivity index (χ0v) is 8.57. The molecule has 0 bridgehead atoms. The van der Waals surface area contributed by atoms with E-state index in [0.29, 0.717) is 0 Å². The molecule has 0 aliphatic carbocycles. The van der Waals surface area contributed by atoms with E-state index in [9.17, 15) is 9.59 Å². The molecule has 0 spiro atoms. The summed E-state index contributed by atoms with van der Waals surface area (Å²) in [7, 11) is 0. The van der Waals surface area contributed by atoms with Crippen molar-refractivity contribution < 1.29 is 0 Å². The number of aromatic nitrogens is 3. The Morgan fingerprint density at radius 3 is 2.62 bits per heavy atom. The molecule has 3 N–H and O–H groups in total. The molecule has 0 aliphatic heterocycles. The van der Waals surface area contributed by atoms with Gasteiger partial charge in [0.1, 0.15) is 0 Å². The number of nitrogens with one attached hydrogen (secondary N) is 3. The molecule has 0 radical (unpaired) electrons. The molecule has 16 heavy (non-hydrogen) atoms. The summed E-state index contributed by atoms with van der Waals surface area (Å²) >= 11 is 0. The van der Waals surface area contributed by atoms with Gasteiger partial charge in [-0.1, -0.05) is 18.2 Å². The van der Waals surface area contributed by atoms with Crippen LogP contribution < -0.4 is 16.7 Å². The Morgan fingerprint density at radius 1 is 1.19 bits per heavy atom. The Hall–Kier alpha value is -2.37. The van der Waals surface area contributed by atoms with Gasteiger partial charge in [-0.3, -0.25) is 9.97 Å². The summed E-state index contributed by atoms with van der Waals surface area (Å²) in [6.07, 6.45) is 0. The van der Waals surface area contributed by atoms with Gasteiger partial charge in [0.05, 0.1) is 0 Å². The molecule has 0 aliphatic rings. The second kappa shape index (κ2) is 4.01. The highest BCUT2D eigenvalue weighted by molar-refractivity contribution is 5.57. The van der Waals surface area contributed by atoms with Gasteiger partial charge in [0.15, 0.2) is 0 Å². The normalized spacial score (nSPS) is 10.1. The van der Waals surface area contributed by atoms with Crippen molar-refractivity contribution in [2.24, 2.45) is 0 Å². The van der Waals surface area contributed by atoms with E-state index in [0.717, 1.165) is 11.3 Å². The van der Waals surface area contributed by atoms with Crippen molar-refractivity contribution in [1.82, 2.24) is 15.0 Å². The van der Waals surface area contributed by atoms with Crippen LogP contribution in [0.2, 0.25) is 0 Å². The number of anilines is 2. The van der Waals surface area contributed by atoms with Crippen LogP contribution in [0.1, 0.15) is 5.56 Å². The van der Waals surface area contributed by atoms with Gasteiger partial charge >= 0.3 is 11.4 Å². The molecule has 2 aromatic rings. The maximum atomic E-state index is 11.0. The molecular weight excluding hydrogens is 208 g/mol. The van der Waals surface area contributed by atoms with Crippen molar-refractivity contribution in [1.29, 1.82) is 0 Å². The first kappa shape index (κ1) is 10.2. The number of rotatable bonds is 2. The first-order valence-corrected chi connectivity index (χ1v) is 4.68. The molecule has 0 amide bonds. The van der Waals surface area contributed by atoms with Gasteiger partial charge in [-0.05, 0) is 18.6 Å². The van der Waals surface area contributed by atoms with E-state index < -0.39 is 11.4 Å². The van der Waals surface area contributed by atoms with Crippen LogP contribution in [0.25, 0.3) is 0 Å². The fourth-order valence-electron chi connectivity index (χ4n) is 1.29. The number of nitrogens with zero attached hydrogens (tertiary/aromatic N) is 1. The van der Waals surface area contributed by atoms with Crippen LogP contribution in [0.3, 0.4) is 0 Å². The maximum Gasteiger partial charge on any atom is 0.352 e. The first-order chi connectivity index (χ1) is 7.65. The summed E-state index contributed by atoms with van der Waals surface area (Å²) in [6, 6.07) is 7.49. The third-order valence-electron chi connectivity index (χ3n) is 2.06. The Bertz CT molecular complexity index is 586. The predicted molar refractivity (Wildman–Crippen MR) is 59.9 cm³/mol. The van der Waals surface area contributed by atoms with Gasteiger partial charge in [0, 0.05) is 5.69 Å². The molecule has 1 heterocycles. The molecule has 1 aromatic carbocycles. The topological polar surface area (TPSA) is 90.6 Å². The van der Waals surface area contributed by atoms with Crippen molar-refractivity contribution in [2.45, 2.75) is 6.92 Å². The van der Waals surface area contributed by atoms with Gasteiger partial charge in [-0.15, -0.1) is 0 Å². The Kier molecular flexibility index (Phi) is 2.55. The summed E-state index contributed by atoms with van der Waals surface area (Å²) in [5.41, 5.74) is 0.512. The van der Waals surface area contributed by atoms with Crippen LogP contribution in [0.15, 0.2) is 33.9 Å². The van der Waals surface area contributed by atoms with Crippen molar-refractivity contribution in [3.05, 3.63) is 50.8 Å². The SMILES string of the molecule is Cc1ccccc1Nc1nc(=O)[nH]c(=O)[nH]1. The highest BCUT2D eigenvalue weighted by Crippen LogP contribution is 2.15. The maximum absolute atomic E-state index is 11.0.